The maximum absolute atomic E-state index is 12.0. The number of hydrogen-bond donors (Lipinski definition) is 1. The molecule has 0 radical (unpaired) electrons. The zero-order chi connectivity index (χ0) is 13.8. The van der Waals surface area contributed by atoms with Crippen molar-refractivity contribution in [2.75, 3.05) is 11.9 Å². The van der Waals surface area contributed by atoms with E-state index in [0.29, 0.717) is 6.54 Å². The standard InChI is InChI=1S/C10H13BrF3N3O/c1-2-3-4-17-9(18)8(11)7(5-16-17)15-6-10(12,13)14/h5,15H,2-4,6H2,1H3. The molecule has 0 spiro atoms. The van der Waals surface area contributed by atoms with Crippen LogP contribution in [0.5, 0.6) is 0 Å². The molecule has 0 unspecified atom stereocenters. The van der Waals surface area contributed by atoms with Gasteiger partial charge in [0.1, 0.15) is 11.0 Å². The number of anilines is 1. The van der Waals surface area contributed by atoms with Crippen molar-refractivity contribution in [3.63, 3.8) is 0 Å². The van der Waals surface area contributed by atoms with Crippen molar-refractivity contribution in [3.8, 4) is 0 Å². The summed E-state index contributed by atoms with van der Waals surface area (Å²) >= 11 is 2.99. The minimum Gasteiger partial charge on any atom is -0.374 e. The Bertz CT molecular complexity index is 459. The summed E-state index contributed by atoms with van der Waals surface area (Å²) in [5.74, 6) is 0. The van der Waals surface area contributed by atoms with Gasteiger partial charge in [0.2, 0.25) is 0 Å². The largest absolute Gasteiger partial charge is 0.405 e. The van der Waals surface area contributed by atoms with Crippen LogP contribution in [0.2, 0.25) is 0 Å². The molecule has 1 N–H and O–H groups in total. The second-order valence-electron chi connectivity index (χ2n) is 3.72. The van der Waals surface area contributed by atoms with Crippen LogP contribution >= 0.6 is 15.9 Å². The molecule has 0 aromatic carbocycles. The van der Waals surface area contributed by atoms with Crippen LogP contribution in [0.1, 0.15) is 19.8 Å². The van der Waals surface area contributed by atoms with Gasteiger partial charge in [-0.05, 0) is 22.4 Å². The number of hydrogen-bond acceptors (Lipinski definition) is 3. The Labute approximate surface area is 110 Å². The quantitative estimate of drug-likeness (QED) is 0.904. The molecule has 0 saturated carbocycles. The van der Waals surface area contributed by atoms with E-state index in [2.05, 4.69) is 26.3 Å². The molecule has 1 rings (SSSR count). The smallest absolute Gasteiger partial charge is 0.374 e. The van der Waals surface area contributed by atoms with Gasteiger partial charge in [-0.15, -0.1) is 0 Å². The Morgan fingerprint density at radius 3 is 2.72 bits per heavy atom. The van der Waals surface area contributed by atoms with Crippen LogP contribution in [-0.4, -0.2) is 22.5 Å². The van der Waals surface area contributed by atoms with Gasteiger partial charge in [-0.3, -0.25) is 4.79 Å². The first-order chi connectivity index (χ1) is 8.35. The number of rotatable bonds is 5. The maximum atomic E-state index is 12.0. The molecule has 0 fully saturated rings. The fourth-order valence-corrected chi connectivity index (χ4v) is 1.70. The second kappa shape index (κ2) is 6.21. The predicted octanol–water partition coefficient (Wildman–Crippen LogP) is 2.78. The lowest BCUT2D eigenvalue weighted by Gasteiger charge is -2.11. The highest BCUT2D eigenvalue weighted by molar-refractivity contribution is 9.10. The summed E-state index contributed by atoms with van der Waals surface area (Å²) in [7, 11) is 0. The van der Waals surface area contributed by atoms with Crippen molar-refractivity contribution in [2.24, 2.45) is 0 Å². The fourth-order valence-electron chi connectivity index (χ4n) is 1.25. The Morgan fingerprint density at radius 1 is 1.50 bits per heavy atom. The molecule has 1 aromatic rings. The van der Waals surface area contributed by atoms with E-state index in [-0.39, 0.29) is 10.2 Å². The van der Waals surface area contributed by atoms with Gasteiger partial charge in [0, 0.05) is 6.54 Å². The van der Waals surface area contributed by atoms with Crippen molar-refractivity contribution in [2.45, 2.75) is 32.5 Å². The van der Waals surface area contributed by atoms with Crippen LogP contribution in [0.25, 0.3) is 0 Å². The third-order valence-corrected chi connectivity index (χ3v) is 2.95. The zero-order valence-corrected chi connectivity index (χ0v) is 11.3. The number of nitrogens with zero attached hydrogens (tertiary/aromatic N) is 2. The van der Waals surface area contributed by atoms with E-state index in [1.54, 1.807) is 0 Å². The summed E-state index contributed by atoms with van der Waals surface area (Å²) in [5, 5.41) is 5.95. The average molecular weight is 328 g/mol. The van der Waals surface area contributed by atoms with Gasteiger partial charge in [-0.1, -0.05) is 13.3 Å². The maximum Gasteiger partial charge on any atom is 0.405 e. The molecule has 0 aliphatic heterocycles. The van der Waals surface area contributed by atoms with Crippen LogP contribution in [0.3, 0.4) is 0 Å². The first-order valence-electron chi connectivity index (χ1n) is 5.41. The molecule has 0 saturated heterocycles. The molecule has 0 amide bonds. The molecule has 0 bridgehead atoms. The Morgan fingerprint density at radius 2 is 2.17 bits per heavy atom. The molecular formula is C10H13BrF3N3O. The third-order valence-electron chi connectivity index (χ3n) is 2.19. The molecule has 18 heavy (non-hydrogen) atoms. The molecule has 0 aliphatic rings. The lowest BCUT2D eigenvalue weighted by atomic mass is 10.3. The van der Waals surface area contributed by atoms with E-state index in [1.807, 2.05) is 6.92 Å². The molecular weight excluding hydrogens is 315 g/mol. The average Bonchev–Trinajstić information content (AvgIpc) is 2.28. The predicted molar refractivity (Wildman–Crippen MR) is 65.6 cm³/mol. The summed E-state index contributed by atoms with van der Waals surface area (Å²) in [6.07, 6.45) is -1.43. The fraction of sp³-hybridized carbons (Fsp3) is 0.600. The molecule has 0 aliphatic carbocycles. The van der Waals surface area contributed by atoms with Gasteiger partial charge in [0.15, 0.2) is 0 Å². The zero-order valence-electron chi connectivity index (χ0n) is 9.72. The molecule has 0 atom stereocenters. The van der Waals surface area contributed by atoms with Crippen LogP contribution in [-0.2, 0) is 6.54 Å². The molecule has 1 aromatic heterocycles. The topological polar surface area (TPSA) is 46.9 Å². The lowest BCUT2D eigenvalue weighted by Crippen LogP contribution is -2.27. The monoisotopic (exact) mass is 327 g/mol. The number of unbranched alkanes of at least 4 members (excludes halogenated alkanes) is 1. The van der Waals surface area contributed by atoms with Crippen molar-refractivity contribution < 1.29 is 13.2 Å². The summed E-state index contributed by atoms with van der Waals surface area (Å²) in [6.45, 7) is 1.22. The van der Waals surface area contributed by atoms with Crippen LogP contribution in [0.4, 0.5) is 18.9 Å². The normalized spacial score (nSPS) is 11.6. The van der Waals surface area contributed by atoms with Gasteiger partial charge >= 0.3 is 6.18 Å². The molecule has 4 nitrogen and oxygen atoms in total. The first-order valence-corrected chi connectivity index (χ1v) is 6.20. The van der Waals surface area contributed by atoms with Crippen molar-refractivity contribution in [1.29, 1.82) is 0 Å². The highest BCUT2D eigenvalue weighted by Gasteiger charge is 2.27. The van der Waals surface area contributed by atoms with E-state index in [4.69, 9.17) is 0 Å². The molecule has 1 heterocycles. The van der Waals surface area contributed by atoms with E-state index < -0.39 is 18.3 Å². The van der Waals surface area contributed by atoms with Gasteiger partial charge in [0.25, 0.3) is 5.56 Å². The number of aromatic nitrogens is 2. The van der Waals surface area contributed by atoms with Gasteiger partial charge in [0.05, 0.1) is 11.9 Å². The van der Waals surface area contributed by atoms with Crippen LogP contribution in [0.15, 0.2) is 15.5 Å². The van der Waals surface area contributed by atoms with E-state index in [9.17, 15) is 18.0 Å². The highest BCUT2D eigenvalue weighted by Crippen LogP contribution is 2.20. The summed E-state index contributed by atoms with van der Waals surface area (Å²) < 4.78 is 37.4. The second-order valence-corrected chi connectivity index (χ2v) is 4.52. The van der Waals surface area contributed by atoms with Crippen LogP contribution in [0, 0.1) is 0 Å². The lowest BCUT2D eigenvalue weighted by molar-refractivity contribution is -0.115. The summed E-state index contributed by atoms with van der Waals surface area (Å²) in [5.41, 5.74) is -0.388. The number of nitrogens with one attached hydrogen (secondary N) is 1. The summed E-state index contributed by atoms with van der Waals surface area (Å²) in [6, 6.07) is 0. The van der Waals surface area contributed by atoms with Crippen LogP contribution < -0.4 is 10.9 Å². The highest BCUT2D eigenvalue weighted by atomic mass is 79.9. The van der Waals surface area contributed by atoms with Gasteiger partial charge in [-0.25, -0.2) is 4.68 Å². The molecule has 102 valence electrons. The number of halogens is 4. The number of aryl methyl sites for hydroxylation is 1. The Balaban J connectivity index is 2.84. The summed E-state index contributed by atoms with van der Waals surface area (Å²) in [4.78, 5) is 11.8. The number of alkyl halides is 3. The molecule has 8 heteroatoms. The minimum absolute atomic E-state index is 0.0464. The van der Waals surface area contributed by atoms with Crippen molar-refractivity contribution in [1.82, 2.24) is 9.78 Å². The van der Waals surface area contributed by atoms with E-state index >= 15 is 0 Å². The van der Waals surface area contributed by atoms with E-state index in [1.165, 1.54) is 10.9 Å². The minimum atomic E-state index is -4.34. The Hall–Kier alpha value is -1.05. The Kier molecular flexibility index (Phi) is 5.18. The SMILES string of the molecule is CCCCn1ncc(NCC(F)(F)F)c(Br)c1=O. The first kappa shape index (κ1) is 15.0. The van der Waals surface area contributed by atoms with E-state index in [0.717, 1.165) is 12.8 Å². The van der Waals surface area contributed by atoms with Crippen molar-refractivity contribution >= 4 is 21.6 Å². The van der Waals surface area contributed by atoms with Gasteiger partial charge in [-0.2, -0.15) is 18.3 Å². The van der Waals surface area contributed by atoms with Gasteiger partial charge < -0.3 is 5.32 Å². The third kappa shape index (κ3) is 4.32. The van der Waals surface area contributed by atoms with Crippen molar-refractivity contribution in [3.05, 3.63) is 21.0 Å².